The first kappa shape index (κ1) is 25.8. The molecule has 2 amide bonds. The highest BCUT2D eigenvalue weighted by Gasteiger charge is 2.33. The normalized spacial score (nSPS) is 20.2. The van der Waals surface area contributed by atoms with Gasteiger partial charge in [0.1, 0.15) is 11.8 Å². The van der Waals surface area contributed by atoms with Crippen molar-refractivity contribution < 1.29 is 24.2 Å². The van der Waals surface area contributed by atoms with Gasteiger partial charge in [0.25, 0.3) is 0 Å². The van der Waals surface area contributed by atoms with Gasteiger partial charge in [0.15, 0.2) is 0 Å². The monoisotopic (exact) mass is 439 g/mol. The smallest absolute Gasteiger partial charge is 0.413 e. The predicted molar refractivity (Wildman–Crippen MR) is 119 cm³/mol. The van der Waals surface area contributed by atoms with Gasteiger partial charge < -0.3 is 25.4 Å². The first-order valence-corrected chi connectivity index (χ1v) is 10.0. The van der Waals surface area contributed by atoms with Crippen LogP contribution in [-0.2, 0) is 15.0 Å². The number of aliphatic carboxylic acids is 1. The predicted octanol–water partition coefficient (Wildman–Crippen LogP) is 2.24. The van der Waals surface area contributed by atoms with Crippen molar-refractivity contribution in [2.45, 2.75) is 51.0 Å². The highest BCUT2D eigenvalue weighted by atomic mass is 32.1. The van der Waals surface area contributed by atoms with E-state index < -0.39 is 18.1 Å². The number of likely N-dealkylation sites (tertiary alicyclic amines) is 1. The van der Waals surface area contributed by atoms with Gasteiger partial charge in [0, 0.05) is 25.4 Å². The van der Waals surface area contributed by atoms with Gasteiger partial charge in [0.2, 0.25) is 5.91 Å². The molecule has 8 nitrogen and oxygen atoms in total. The first-order chi connectivity index (χ1) is 13.8. The van der Waals surface area contributed by atoms with Gasteiger partial charge in [-0.25, -0.2) is 9.59 Å². The van der Waals surface area contributed by atoms with Crippen molar-refractivity contribution in [2.75, 3.05) is 26.7 Å². The molecule has 9 heteroatoms. The zero-order chi connectivity index (χ0) is 21.4. The van der Waals surface area contributed by atoms with Crippen LogP contribution in [0.1, 0.15) is 45.1 Å². The lowest BCUT2D eigenvalue weighted by Crippen LogP contribution is -2.49. The second kappa shape index (κ2) is 11.8. The molecular weight excluding hydrogens is 406 g/mol. The maximum absolute atomic E-state index is 12.2. The summed E-state index contributed by atoms with van der Waals surface area (Å²) in [5.74, 6) is -1.27. The highest BCUT2D eigenvalue weighted by molar-refractivity contribution is 7.59. The fourth-order valence-electron chi connectivity index (χ4n) is 3.86. The van der Waals surface area contributed by atoms with Crippen LogP contribution < -0.4 is 15.4 Å². The fourth-order valence-corrected chi connectivity index (χ4v) is 3.86. The van der Waals surface area contributed by atoms with Gasteiger partial charge in [0.05, 0.1) is 0 Å². The van der Waals surface area contributed by atoms with E-state index in [1.165, 1.54) is 13.3 Å². The zero-order valence-electron chi connectivity index (χ0n) is 17.9. The molecular formula is C21H33N3O5S. The van der Waals surface area contributed by atoms with Crippen molar-refractivity contribution in [3.05, 3.63) is 29.8 Å². The lowest BCUT2D eigenvalue weighted by molar-refractivity contribution is -0.139. The number of ether oxygens (including phenoxy) is 1. The van der Waals surface area contributed by atoms with Crippen molar-refractivity contribution in [3.63, 3.8) is 0 Å². The number of nitrogens with zero attached hydrogens (tertiary/aromatic N) is 1. The molecule has 30 heavy (non-hydrogen) atoms. The molecule has 1 aromatic carbocycles. The van der Waals surface area contributed by atoms with Crippen LogP contribution in [0, 0.1) is 0 Å². The summed E-state index contributed by atoms with van der Waals surface area (Å²) in [6.45, 7) is 5.25. The van der Waals surface area contributed by atoms with Gasteiger partial charge in [-0.15, -0.1) is 0 Å². The van der Waals surface area contributed by atoms with Crippen LogP contribution in [0.2, 0.25) is 0 Å². The summed E-state index contributed by atoms with van der Waals surface area (Å²) in [5.41, 5.74) is 1.11. The molecule has 0 aliphatic carbocycles. The maximum atomic E-state index is 12.2. The Bertz CT molecular complexity index is 745. The minimum absolute atomic E-state index is 0. The van der Waals surface area contributed by atoms with E-state index in [2.05, 4.69) is 35.6 Å². The third-order valence-corrected chi connectivity index (χ3v) is 5.50. The molecule has 1 fully saturated rings. The molecule has 0 spiro atoms. The molecule has 2 atom stereocenters. The van der Waals surface area contributed by atoms with Crippen molar-refractivity contribution in [1.82, 2.24) is 15.5 Å². The van der Waals surface area contributed by atoms with Gasteiger partial charge in [-0.3, -0.25) is 4.79 Å². The fraction of sp³-hybridized carbons (Fsp3) is 0.571. The molecule has 168 valence electrons. The SMILES string of the molecule is CCC1(c2cccc(OC(=O)N[C@@H](CNC(C)=O)C(=O)O)c2)CCCCN(C)C1.S. The summed E-state index contributed by atoms with van der Waals surface area (Å²) >= 11 is 0. The molecule has 0 radical (unpaired) electrons. The standard InChI is InChI=1S/C21H31N3O5.H2S/c1-4-21(10-5-6-11-24(3)14-21)16-8-7-9-17(12-16)29-20(28)23-18(19(26)27)13-22-15(2)25;/h7-9,12,18H,4-6,10-11,13-14H2,1-3H3,(H,22,25)(H,23,28)(H,26,27);1H2/t18-,21?;/m0./s1. The molecule has 0 bridgehead atoms. The number of hydrogen-bond donors (Lipinski definition) is 3. The van der Waals surface area contributed by atoms with Gasteiger partial charge in [-0.1, -0.05) is 25.5 Å². The molecule has 1 aliphatic heterocycles. The van der Waals surface area contributed by atoms with Crippen molar-refractivity contribution in [2.24, 2.45) is 0 Å². The van der Waals surface area contributed by atoms with Gasteiger partial charge >= 0.3 is 12.1 Å². The lowest BCUT2D eigenvalue weighted by Gasteiger charge is -2.35. The minimum Gasteiger partial charge on any atom is -0.480 e. The van der Waals surface area contributed by atoms with Crippen LogP contribution in [0.4, 0.5) is 4.79 Å². The van der Waals surface area contributed by atoms with Crippen molar-refractivity contribution >= 4 is 31.5 Å². The summed E-state index contributed by atoms with van der Waals surface area (Å²) in [4.78, 5) is 36.8. The quantitative estimate of drug-likeness (QED) is 0.601. The third kappa shape index (κ3) is 7.21. The Kier molecular flexibility index (Phi) is 10.1. The minimum atomic E-state index is -1.27. The third-order valence-electron chi connectivity index (χ3n) is 5.50. The number of carboxylic acid groups (broad SMARTS) is 1. The second-order valence-corrected chi connectivity index (χ2v) is 7.72. The van der Waals surface area contributed by atoms with E-state index in [0.717, 1.165) is 37.9 Å². The topological polar surface area (TPSA) is 108 Å². The van der Waals surface area contributed by atoms with E-state index in [0.29, 0.717) is 5.75 Å². The number of nitrogens with one attached hydrogen (secondary N) is 2. The summed E-state index contributed by atoms with van der Waals surface area (Å²) in [6, 6.07) is 6.19. The first-order valence-electron chi connectivity index (χ1n) is 10.0. The maximum Gasteiger partial charge on any atom is 0.413 e. The van der Waals surface area contributed by atoms with E-state index >= 15 is 0 Å². The van der Waals surface area contributed by atoms with Crippen LogP contribution in [0.15, 0.2) is 24.3 Å². The van der Waals surface area contributed by atoms with Gasteiger partial charge in [-0.2, -0.15) is 13.5 Å². The van der Waals surface area contributed by atoms with Crippen LogP contribution in [0.25, 0.3) is 0 Å². The number of carbonyl (C=O) groups is 3. The van der Waals surface area contributed by atoms with Crippen molar-refractivity contribution in [3.8, 4) is 5.75 Å². The number of amides is 2. The zero-order valence-corrected chi connectivity index (χ0v) is 18.9. The summed E-state index contributed by atoms with van der Waals surface area (Å²) < 4.78 is 5.34. The second-order valence-electron chi connectivity index (χ2n) is 7.72. The molecule has 1 aliphatic rings. The number of benzene rings is 1. The molecule has 3 N–H and O–H groups in total. The molecule has 0 aromatic heterocycles. The average molecular weight is 440 g/mol. The summed E-state index contributed by atoms with van der Waals surface area (Å²) in [7, 11) is 2.13. The highest BCUT2D eigenvalue weighted by Crippen LogP contribution is 2.37. The van der Waals surface area contributed by atoms with Crippen LogP contribution in [-0.4, -0.2) is 60.7 Å². The van der Waals surface area contributed by atoms with Crippen LogP contribution in [0.5, 0.6) is 5.75 Å². The largest absolute Gasteiger partial charge is 0.480 e. The molecule has 1 unspecified atom stereocenters. The average Bonchev–Trinajstić information content (AvgIpc) is 2.87. The summed E-state index contributed by atoms with van der Waals surface area (Å²) in [6.07, 6.45) is 3.49. The number of rotatable bonds is 7. The molecule has 1 aromatic rings. The van der Waals surface area contributed by atoms with Crippen LogP contribution in [0.3, 0.4) is 0 Å². The Morgan fingerprint density at radius 2 is 2.03 bits per heavy atom. The van der Waals surface area contributed by atoms with Crippen LogP contribution >= 0.6 is 13.5 Å². The van der Waals surface area contributed by atoms with E-state index in [1.54, 1.807) is 6.07 Å². The van der Waals surface area contributed by atoms with Crippen molar-refractivity contribution in [1.29, 1.82) is 0 Å². The Morgan fingerprint density at radius 3 is 2.67 bits per heavy atom. The Labute approximate surface area is 184 Å². The van der Waals surface area contributed by atoms with E-state index in [-0.39, 0.29) is 31.4 Å². The Balaban J connectivity index is 0.00000450. The Hall–Kier alpha value is -2.26. The summed E-state index contributed by atoms with van der Waals surface area (Å²) in [5, 5.41) is 13.9. The number of carboxylic acids is 1. The molecule has 1 saturated heterocycles. The molecule has 0 saturated carbocycles. The number of hydrogen-bond acceptors (Lipinski definition) is 5. The molecule has 1 heterocycles. The number of likely N-dealkylation sites (N-methyl/N-ethyl adjacent to an activating group) is 1. The van der Waals surface area contributed by atoms with Gasteiger partial charge in [-0.05, 0) is 50.6 Å². The molecule has 2 rings (SSSR count). The van der Waals surface area contributed by atoms with E-state index in [1.807, 2.05) is 12.1 Å². The van der Waals surface area contributed by atoms with E-state index in [4.69, 9.17) is 4.74 Å². The Morgan fingerprint density at radius 1 is 1.30 bits per heavy atom. The lowest BCUT2D eigenvalue weighted by atomic mass is 9.74. The van der Waals surface area contributed by atoms with E-state index in [9.17, 15) is 19.5 Å². The number of carbonyl (C=O) groups excluding carboxylic acids is 2.